The van der Waals surface area contributed by atoms with E-state index in [9.17, 15) is 4.79 Å². The lowest BCUT2D eigenvalue weighted by atomic mass is 9.85. The second kappa shape index (κ2) is 7.38. The quantitative estimate of drug-likeness (QED) is 0.790. The van der Waals surface area contributed by atoms with Gasteiger partial charge in [-0.1, -0.05) is 18.6 Å². The number of carbonyl (C=O) groups excluding carboxylic acids is 1. The Bertz CT molecular complexity index is 707. The van der Waals surface area contributed by atoms with Crippen LogP contribution in [0.15, 0.2) is 28.7 Å². The van der Waals surface area contributed by atoms with Gasteiger partial charge in [0.2, 0.25) is 0 Å². The van der Waals surface area contributed by atoms with E-state index in [0.29, 0.717) is 47.9 Å². The van der Waals surface area contributed by atoms with Crippen molar-refractivity contribution in [1.29, 1.82) is 0 Å². The number of aryl methyl sites for hydroxylation is 1. The summed E-state index contributed by atoms with van der Waals surface area (Å²) in [5, 5.41) is 2.81. The third kappa shape index (κ3) is 3.53. The van der Waals surface area contributed by atoms with E-state index < -0.39 is 0 Å². The minimum Gasteiger partial charge on any atom is -0.493 e. The predicted molar refractivity (Wildman–Crippen MR) is 88.7 cm³/mol. The van der Waals surface area contributed by atoms with Gasteiger partial charge in [-0.15, -0.1) is 0 Å². The molecule has 6 heteroatoms. The molecule has 0 aliphatic heterocycles. The fourth-order valence-electron chi connectivity index (χ4n) is 2.60. The lowest BCUT2D eigenvalue weighted by Gasteiger charge is -2.21. The molecule has 0 unspecified atom stereocenters. The molecule has 1 heterocycles. The maximum atomic E-state index is 12.2. The Morgan fingerprint density at radius 2 is 2.08 bits per heavy atom. The molecule has 1 aliphatic carbocycles. The van der Waals surface area contributed by atoms with Crippen LogP contribution in [0.4, 0.5) is 0 Å². The Kier molecular flexibility index (Phi) is 5.03. The topological polar surface area (TPSA) is 73.6 Å². The van der Waals surface area contributed by atoms with Crippen molar-refractivity contribution in [3.05, 3.63) is 41.6 Å². The van der Waals surface area contributed by atoms with Gasteiger partial charge >= 0.3 is 0 Å². The van der Waals surface area contributed by atoms with Crippen LogP contribution in [0.1, 0.15) is 47.3 Å². The molecule has 0 bridgehead atoms. The minimum absolute atomic E-state index is 0.231. The highest BCUT2D eigenvalue weighted by Gasteiger charge is 2.27. The zero-order chi connectivity index (χ0) is 16.9. The van der Waals surface area contributed by atoms with Crippen LogP contribution in [-0.2, 0) is 0 Å². The van der Waals surface area contributed by atoms with E-state index in [4.69, 9.17) is 13.9 Å². The third-order valence-corrected chi connectivity index (χ3v) is 4.20. The molecule has 6 nitrogen and oxygen atoms in total. The maximum Gasteiger partial charge on any atom is 0.273 e. The van der Waals surface area contributed by atoms with Crippen molar-refractivity contribution >= 4 is 5.91 Å². The van der Waals surface area contributed by atoms with Crippen molar-refractivity contribution < 1.29 is 18.7 Å². The zero-order valence-electron chi connectivity index (χ0n) is 14.0. The van der Waals surface area contributed by atoms with Gasteiger partial charge in [0, 0.05) is 5.92 Å². The van der Waals surface area contributed by atoms with Crippen LogP contribution in [-0.4, -0.2) is 31.2 Å². The van der Waals surface area contributed by atoms with Crippen LogP contribution < -0.4 is 14.8 Å². The number of benzene rings is 1. The normalized spacial score (nSPS) is 14.1. The number of para-hydroxylation sites is 2. The number of aromatic nitrogens is 1. The molecule has 1 aliphatic rings. The molecule has 1 aromatic heterocycles. The molecule has 1 fully saturated rings. The van der Waals surface area contributed by atoms with Gasteiger partial charge in [-0.2, -0.15) is 0 Å². The van der Waals surface area contributed by atoms with Crippen LogP contribution in [0.3, 0.4) is 0 Å². The Labute approximate surface area is 141 Å². The first-order chi connectivity index (χ1) is 11.7. The van der Waals surface area contributed by atoms with E-state index in [1.165, 1.54) is 6.42 Å². The van der Waals surface area contributed by atoms with Gasteiger partial charge in [0.15, 0.2) is 23.1 Å². The number of ether oxygens (including phenoxy) is 2. The first-order valence-electron chi connectivity index (χ1n) is 8.20. The van der Waals surface area contributed by atoms with Crippen molar-refractivity contribution in [2.75, 3.05) is 20.3 Å². The molecule has 1 aromatic carbocycles. The lowest BCUT2D eigenvalue weighted by Crippen LogP contribution is -2.29. The number of amides is 1. The lowest BCUT2D eigenvalue weighted by molar-refractivity contribution is 0.0941. The third-order valence-electron chi connectivity index (χ3n) is 4.20. The zero-order valence-corrected chi connectivity index (χ0v) is 14.0. The fourth-order valence-corrected chi connectivity index (χ4v) is 2.60. The number of nitrogens with zero attached hydrogens (tertiary/aromatic N) is 1. The van der Waals surface area contributed by atoms with Gasteiger partial charge in [-0.05, 0) is 31.9 Å². The summed E-state index contributed by atoms with van der Waals surface area (Å²) >= 11 is 0. The van der Waals surface area contributed by atoms with Gasteiger partial charge in [0.05, 0.1) is 13.7 Å². The summed E-state index contributed by atoms with van der Waals surface area (Å²) in [5.74, 6) is 2.72. The monoisotopic (exact) mass is 330 g/mol. The highest BCUT2D eigenvalue weighted by Crippen LogP contribution is 2.36. The summed E-state index contributed by atoms with van der Waals surface area (Å²) in [5.41, 5.74) is 0.370. The largest absolute Gasteiger partial charge is 0.493 e. The van der Waals surface area contributed by atoms with Crippen molar-refractivity contribution in [2.24, 2.45) is 0 Å². The van der Waals surface area contributed by atoms with Crippen molar-refractivity contribution in [1.82, 2.24) is 10.3 Å². The molecule has 2 aromatic rings. The molecule has 128 valence electrons. The van der Waals surface area contributed by atoms with E-state index in [-0.39, 0.29) is 5.91 Å². The van der Waals surface area contributed by atoms with Gasteiger partial charge in [0.25, 0.3) is 5.91 Å². The van der Waals surface area contributed by atoms with Crippen LogP contribution in [0.25, 0.3) is 0 Å². The first-order valence-corrected chi connectivity index (χ1v) is 8.20. The number of hydrogen-bond acceptors (Lipinski definition) is 5. The van der Waals surface area contributed by atoms with Gasteiger partial charge in [0.1, 0.15) is 12.4 Å². The summed E-state index contributed by atoms with van der Waals surface area (Å²) in [6.45, 7) is 2.50. The number of methoxy groups -OCH3 is 1. The Morgan fingerprint density at radius 1 is 1.33 bits per heavy atom. The van der Waals surface area contributed by atoms with Gasteiger partial charge in [-0.3, -0.25) is 4.79 Å². The molecular formula is C18H22N2O4. The summed E-state index contributed by atoms with van der Waals surface area (Å²) in [4.78, 5) is 16.6. The predicted octanol–water partition coefficient (Wildman–Crippen LogP) is 3.07. The number of oxazole rings is 1. The standard InChI is InChI=1S/C18H22N2O4/c1-12-16(20-18(24-12)13-6-5-7-13)17(21)19-10-11-23-15-9-4-3-8-14(15)22-2/h3-4,8-9,13H,5-7,10-11H2,1-2H3,(H,19,21). The van der Waals surface area contributed by atoms with Crippen LogP contribution in [0.2, 0.25) is 0 Å². The number of carbonyl (C=O) groups is 1. The van der Waals surface area contributed by atoms with Crippen molar-refractivity contribution in [3.63, 3.8) is 0 Å². The smallest absolute Gasteiger partial charge is 0.273 e. The van der Waals surface area contributed by atoms with Crippen molar-refractivity contribution in [3.8, 4) is 11.5 Å². The Balaban J connectivity index is 1.50. The SMILES string of the molecule is COc1ccccc1OCCNC(=O)c1nc(C2CCC2)oc1C. The van der Waals surface area contributed by atoms with E-state index >= 15 is 0 Å². The maximum absolute atomic E-state index is 12.2. The molecule has 1 N–H and O–H groups in total. The van der Waals surface area contributed by atoms with Gasteiger partial charge in [-0.25, -0.2) is 4.98 Å². The minimum atomic E-state index is -0.231. The highest BCUT2D eigenvalue weighted by atomic mass is 16.5. The average Bonchev–Trinajstić information content (AvgIpc) is 2.91. The van der Waals surface area contributed by atoms with E-state index in [0.717, 1.165) is 12.8 Å². The molecule has 0 atom stereocenters. The summed E-state index contributed by atoms with van der Waals surface area (Å²) in [6, 6.07) is 7.40. The molecule has 0 radical (unpaired) electrons. The summed E-state index contributed by atoms with van der Waals surface area (Å²) in [6.07, 6.45) is 3.38. The molecule has 24 heavy (non-hydrogen) atoms. The average molecular weight is 330 g/mol. The van der Waals surface area contributed by atoms with E-state index in [2.05, 4.69) is 10.3 Å². The summed E-state index contributed by atoms with van der Waals surface area (Å²) < 4.78 is 16.5. The number of rotatable bonds is 7. The second-order valence-electron chi connectivity index (χ2n) is 5.84. The van der Waals surface area contributed by atoms with Gasteiger partial charge < -0.3 is 19.2 Å². The molecule has 1 saturated carbocycles. The number of hydrogen-bond donors (Lipinski definition) is 1. The highest BCUT2D eigenvalue weighted by molar-refractivity contribution is 5.93. The Morgan fingerprint density at radius 3 is 2.75 bits per heavy atom. The fraction of sp³-hybridized carbons (Fsp3) is 0.444. The van der Waals surface area contributed by atoms with Crippen molar-refractivity contribution in [2.45, 2.75) is 32.1 Å². The number of nitrogens with one attached hydrogen (secondary N) is 1. The van der Waals surface area contributed by atoms with E-state index in [1.807, 2.05) is 24.3 Å². The molecular weight excluding hydrogens is 308 g/mol. The molecule has 1 amide bonds. The molecule has 3 rings (SSSR count). The first kappa shape index (κ1) is 16.4. The molecule has 0 saturated heterocycles. The summed E-state index contributed by atoms with van der Waals surface area (Å²) in [7, 11) is 1.59. The van der Waals surface area contributed by atoms with Crippen LogP contribution in [0, 0.1) is 6.92 Å². The van der Waals surface area contributed by atoms with Crippen LogP contribution in [0.5, 0.6) is 11.5 Å². The van der Waals surface area contributed by atoms with E-state index in [1.54, 1.807) is 14.0 Å². The second-order valence-corrected chi connectivity index (χ2v) is 5.84. The Hall–Kier alpha value is -2.50. The van der Waals surface area contributed by atoms with Crippen LogP contribution >= 0.6 is 0 Å². The molecule has 0 spiro atoms.